The molecule has 0 spiro atoms. The molecule has 1 saturated carbocycles. The first-order chi connectivity index (χ1) is 12.2. The molecule has 2 aromatic heterocycles. The van der Waals surface area contributed by atoms with E-state index in [4.69, 9.17) is 9.05 Å². The monoisotopic (exact) mass is 345 g/mol. The fourth-order valence-corrected chi connectivity index (χ4v) is 3.94. The van der Waals surface area contributed by atoms with E-state index in [1.165, 1.54) is 6.92 Å². The van der Waals surface area contributed by atoms with Gasteiger partial charge in [0.25, 0.3) is 5.89 Å². The summed E-state index contributed by atoms with van der Waals surface area (Å²) in [6.45, 7) is 3.51. The van der Waals surface area contributed by atoms with Crippen molar-refractivity contribution >= 4 is 5.91 Å². The first kappa shape index (κ1) is 16.3. The number of amides is 1. The quantitative estimate of drug-likeness (QED) is 0.874. The molecule has 2 aromatic rings. The van der Waals surface area contributed by atoms with Gasteiger partial charge in [0.2, 0.25) is 11.7 Å². The summed E-state index contributed by atoms with van der Waals surface area (Å²) in [6.07, 6.45) is 5.81. The second-order valence-corrected chi connectivity index (χ2v) is 7.03. The Morgan fingerprint density at radius 1 is 1.24 bits per heavy atom. The van der Waals surface area contributed by atoms with Crippen molar-refractivity contribution in [2.24, 2.45) is 0 Å². The van der Waals surface area contributed by atoms with E-state index in [1.54, 1.807) is 0 Å². The molecular formula is C17H23N5O3. The van der Waals surface area contributed by atoms with Crippen LogP contribution in [0.25, 0.3) is 11.7 Å². The number of rotatable bonds is 4. The van der Waals surface area contributed by atoms with Gasteiger partial charge in [-0.25, -0.2) is 0 Å². The Kier molecular flexibility index (Phi) is 4.29. The highest BCUT2D eigenvalue weighted by Gasteiger charge is 2.41. The van der Waals surface area contributed by atoms with Gasteiger partial charge >= 0.3 is 0 Å². The molecular weight excluding hydrogens is 322 g/mol. The molecule has 0 atom stereocenters. The summed E-state index contributed by atoms with van der Waals surface area (Å²) < 4.78 is 10.9. The Hall–Kier alpha value is -2.22. The van der Waals surface area contributed by atoms with Crippen LogP contribution in [0.15, 0.2) is 15.1 Å². The third-order valence-corrected chi connectivity index (χ3v) is 5.22. The Morgan fingerprint density at radius 2 is 2.00 bits per heavy atom. The highest BCUT2D eigenvalue weighted by molar-refractivity contribution is 5.74. The SMILES string of the molecule is CC(=O)NC1(c2noc(-c3cc(C4CCNCC4)no3)n2)CCCC1. The smallest absolute Gasteiger partial charge is 0.296 e. The predicted octanol–water partition coefficient (Wildman–Crippen LogP) is 2.10. The number of aromatic nitrogens is 3. The number of hydrogen-bond donors (Lipinski definition) is 2. The van der Waals surface area contributed by atoms with E-state index >= 15 is 0 Å². The summed E-state index contributed by atoms with van der Waals surface area (Å²) in [4.78, 5) is 16.1. The molecule has 134 valence electrons. The molecule has 0 aromatic carbocycles. The lowest BCUT2D eigenvalue weighted by atomic mass is 9.94. The second-order valence-electron chi connectivity index (χ2n) is 7.03. The molecule has 25 heavy (non-hydrogen) atoms. The Labute approximate surface area is 145 Å². The molecule has 2 fully saturated rings. The number of piperidine rings is 1. The maximum absolute atomic E-state index is 11.6. The minimum Gasteiger partial charge on any atom is -0.351 e. The van der Waals surface area contributed by atoms with E-state index in [1.807, 2.05) is 6.07 Å². The van der Waals surface area contributed by atoms with Crippen molar-refractivity contribution < 1.29 is 13.8 Å². The van der Waals surface area contributed by atoms with Gasteiger partial charge in [0.15, 0.2) is 5.82 Å². The fraction of sp³-hybridized carbons (Fsp3) is 0.647. The zero-order valence-corrected chi connectivity index (χ0v) is 14.4. The van der Waals surface area contributed by atoms with Gasteiger partial charge in [0, 0.05) is 18.9 Å². The van der Waals surface area contributed by atoms with Gasteiger partial charge < -0.3 is 19.7 Å². The fourth-order valence-electron chi connectivity index (χ4n) is 3.94. The van der Waals surface area contributed by atoms with Crippen LogP contribution in [0.5, 0.6) is 0 Å². The van der Waals surface area contributed by atoms with Gasteiger partial charge in [-0.05, 0) is 38.8 Å². The molecule has 1 aliphatic carbocycles. The van der Waals surface area contributed by atoms with Gasteiger partial charge in [0.1, 0.15) is 5.54 Å². The molecule has 2 N–H and O–H groups in total. The molecule has 8 heteroatoms. The van der Waals surface area contributed by atoms with Crippen molar-refractivity contribution in [3.8, 4) is 11.7 Å². The lowest BCUT2D eigenvalue weighted by Crippen LogP contribution is -2.43. The predicted molar refractivity (Wildman–Crippen MR) is 88.6 cm³/mol. The second kappa shape index (κ2) is 6.59. The number of nitrogens with one attached hydrogen (secondary N) is 2. The third kappa shape index (κ3) is 3.18. The molecule has 2 aliphatic rings. The first-order valence-corrected chi connectivity index (χ1v) is 8.97. The van der Waals surface area contributed by atoms with Crippen LogP contribution in [0, 0.1) is 0 Å². The first-order valence-electron chi connectivity index (χ1n) is 8.97. The Balaban J connectivity index is 1.56. The van der Waals surface area contributed by atoms with Crippen LogP contribution < -0.4 is 10.6 Å². The molecule has 0 unspecified atom stereocenters. The topological polar surface area (TPSA) is 106 Å². The number of carbonyl (C=O) groups excluding carboxylic acids is 1. The van der Waals surface area contributed by atoms with Crippen LogP contribution in [-0.2, 0) is 10.3 Å². The zero-order chi connectivity index (χ0) is 17.3. The summed E-state index contributed by atoms with van der Waals surface area (Å²) in [5.41, 5.74) is 0.416. The van der Waals surface area contributed by atoms with Crippen LogP contribution >= 0.6 is 0 Å². The van der Waals surface area contributed by atoms with E-state index in [0.29, 0.717) is 23.4 Å². The number of nitrogens with zero attached hydrogens (tertiary/aromatic N) is 3. The molecule has 4 rings (SSSR count). The molecule has 1 aliphatic heterocycles. The Bertz CT molecular complexity index is 741. The lowest BCUT2D eigenvalue weighted by Gasteiger charge is -2.25. The zero-order valence-electron chi connectivity index (χ0n) is 14.4. The van der Waals surface area contributed by atoms with Gasteiger partial charge in [-0.3, -0.25) is 4.79 Å². The third-order valence-electron chi connectivity index (χ3n) is 5.22. The normalized spacial score (nSPS) is 20.7. The largest absolute Gasteiger partial charge is 0.351 e. The van der Waals surface area contributed by atoms with Crippen molar-refractivity contribution in [1.82, 2.24) is 25.9 Å². The molecule has 8 nitrogen and oxygen atoms in total. The maximum atomic E-state index is 11.6. The highest BCUT2D eigenvalue weighted by Crippen LogP contribution is 2.38. The van der Waals surface area contributed by atoms with Gasteiger partial charge in [-0.1, -0.05) is 23.2 Å². The summed E-state index contributed by atoms with van der Waals surface area (Å²) in [5, 5.41) is 14.7. The maximum Gasteiger partial charge on any atom is 0.296 e. The Morgan fingerprint density at radius 3 is 2.72 bits per heavy atom. The van der Waals surface area contributed by atoms with Crippen LogP contribution in [0.1, 0.15) is 62.9 Å². The molecule has 0 radical (unpaired) electrons. The van der Waals surface area contributed by atoms with Gasteiger partial charge in [-0.15, -0.1) is 0 Å². The van der Waals surface area contributed by atoms with E-state index in [2.05, 4.69) is 25.9 Å². The van der Waals surface area contributed by atoms with E-state index in [-0.39, 0.29) is 5.91 Å². The van der Waals surface area contributed by atoms with Gasteiger partial charge in [-0.2, -0.15) is 4.98 Å². The van der Waals surface area contributed by atoms with Crippen LogP contribution in [0.4, 0.5) is 0 Å². The molecule has 1 amide bonds. The van der Waals surface area contributed by atoms with Crippen molar-refractivity contribution in [3.05, 3.63) is 17.6 Å². The van der Waals surface area contributed by atoms with Crippen molar-refractivity contribution in [2.45, 2.75) is 56.9 Å². The summed E-state index contributed by atoms with van der Waals surface area (Å²) in [6, 6.07) is 1.90. The van der Waals surface area contributed by atoms with E-state index in [9.17, 15) is 4.79 Å². The average Bonchev–Trinajstić information content (AvgIpc) is 3.35. The summed E-state index contributed by atoms with van der Waals surface area (Å²) in [5.74, 6) is 1.65. The van der Waals surface area contributed by atoms with Crippen LogP contribution in [0.3, 0.4) is 0 Å². The summed E-state index contributed by atoms with van der Waals surface area (Å²) >= 11 is 0. The minimum absolute atomic E-state index is 0.0823. The van der Waals surface area contributed by atoms with Crippen molar-refractivity contribution in [2.75, 3.05) is 13.1 Å². The minimum atomic E-state index is -0.522. The van der Waals surface area contributed by atoms with Crippen LogP contribution in [-0.4, -0.2) is 34.3 Å². The molecule has 0 bridgehead atoms. The van der Waals surface area contributed by atoms with Crippen molar-refractivity contribution in [1.29, 1.82) is 0 Å². The van der Waals surface area contributed by atoms with Crippen LogP contribution in [0.2, 0.25) is 0 Å². The molecule has 3 heterocycles. The summed E-state index contributed by atoms with van der Waals surface area (Å²) in [7, 11) is 0. The number of carbonyl (C=O) groups is 1. The average molecular weight is 345 g/mol. The molecule has 1 saturated heterocycles. The number of hydrogen-bond acceptors (Lipinski definition) is 7. The highest BCUT2D eigenvalue weighted by atomic mass is 16.5. The van der Waals surface area contributed by atoms with E-state index in [0.717, 1.165) is 57.3 Å². The van der Waals surface area contributed by atoms with Gasteiger partial charge in [0.05, 0.1) is 5.69 Å². The standard InChI is InChI=1S/C17H23N5O3/c1-11(23)20-17(6-2-3-7-17)16-19-15(25-22-16)14-10-13(21-24-14)12-4-8-18-9-5-12/h10,12,18H,2-9H2,1H3,(H,20,23). The van der Waals surface area contributed by atoms with E-state index < -0.39 is 5.54 Å². The lowest BCUT2D eigenvalue weighted by molar-refractivity contribution is -0.121. The van der Waals surface area contributed by atoms with Crippen molar-refractivity contribution in [3.63, 3.8) is 0 Å².